The number of benzene rings is 3. The molecule has 0 aliphatic carbocycles. The molecule has 0 N–H and O–H groups in total. The minimum atomic E-state index is -3.75. The van der Waals surface area contributed by atoms with Gasteiger partial charge in [0.1, 0.15) is 11.6 Å². The monoisotopic (exact) mass is 532 g/mol. The fraction of sp³-hybridized carbons (Fsp3) is 0.333. The Balaban J connectivity index is 1.42. The molecule has 1 aliphatic rings. The van der Waals surface area contributed by atoms with Crippen molar-refractivity contribution in [3.63, 3.8) is 0 Å². The third-order valence-electron chi connectivity index (χ3n) is 6.36. The van der Waals surface area contributed by atoms with E-state index < -0.39 is 15.8 Å². The molecular formula is C27H30ClFN2O4S. The number of halogens is 2. The SMILES string of the molecule is COc1cccc(CO[C@@H](CN2CCN(S(=O)(=O)c3ccc(C)c(F)c3)CC2)c2ccc(Cl)cc2)c1. The van der Waals surface area contributed by atoms with Crippen LogP contribution in [-0.4, -0.2) is 57.5 Å². The molecule has 1 saturated heterocycles. The number of sulfonamides is 1. The molecule has 36 heavy (non-hydrogen) atoms. The number of ether oxygens (including phenoxy) is 2. The Morgan fingerprint density at radius 1 is 1.00 bits per heavy atom. The fourth-order valence-corrected chi connectivity index (χ4v) is 5.72. The Kier molecular flexibility index (Phi) is 8.64. The van der Waals surface area contributed by atoms with Gasteiger partial charge in [0, 0.05) is 37.7 Å². The average Bonchev–Trinajstić information content (AvgIpc) is 2.89. The number of hydrogen-bond donors (Lipinski definition) is 0. The Morgan fingerprint density at radius 3 is 2.39 bits per heavy atom. The lowest BCUT2D eigenvalue weighted by molar-refractivity contribution is 0.00767. The van der Waals surface area contributed by atoms with E-state index in [1.807, 2.05) is 48.5 Å². The zero-order chi connectivity index (χ0) is 25.7. The number of hydrogen-bond acceptors (Lipinski definition) is 5. The van der Waals surface area contributed by atoms with Gasteiger partial charge in [0.15, 0.2) is 0 Å². The largest absolute Gasteiger partial charge is 0.497 e. The van der Waals surface area contributed by atoms with E-state index in [1.54, 1.807) is 14.0 Å². The topological polar surface area (TPSA) is 59.1 Å². The highest BCUT2D eigenvalue weighted by atomic mass is 35.5. The molecule has 0 radical (unpaired) electrons. The molecule has 3 aromatic rings. The maximum absolute atomic E-state index is 14.0. The van der Waals surface area contributed by atoms with Gasteiger partial charge in [-0.2, -0.15) is 4.31 Å². The molecule has 6 nitrogen and oxygen atoms in total. The van der Waals surface area contributed by atoms with Crippen LogP contribution in [-0.2, 0) is 21.4 Å². The maximum Gasteiger partial charge on any atom is 0.243 e. The Bertz CT molecular complexity index is 1280. The van der Waals surface area contributed by atoms with Crippen molar-refractivity contribution in [2.24, 2.45) is 0 Å². The van der Waals surface area contributed by atoms with E-state index in [-0.39, 0.29) is 11.0 Å². The van der Waals surface area contributed by atoms with Crippen LogP contribution in [0.5, 0.6) is 5.75 Å². The van der Waals surface area contributed by atoms with Crippen molar-refractivity contribution in [1.29, 1.82) is 0 Å². The van der Waals surface area contributed by atoms with E-state index in [0.717, 1.165) is 22.9 Å². The third kappa shape index (κ3) is 6.44. The van der Waals surface area contributed by atoms with Gasteiger partial charge in [-0.15, -0.1) is 0 Å². The van der Waals surface area contributed by atoms with Gasteiger partial charge < -0.3 is 9.47 Å². The van der Waals surface area contributed by atoms with Crippen molar-refractivity contribution in [1.82, 2.24) is 9.21 Å². The summed E-state index contributed by atoms with van der Waals surface area (Å²) in [4.78, 5) is 2.17. The Morgan fingerprint density at radius 2 is 1.72 bits per heavy atom. The summed E-state index contributed by atoms with van der Waals surface area (Å²) >= 11 is 6.09. The van der Waals surface area contributed by atoms with Crippen LogP contribution in [0.4, 0.5) is 4.39 Å². The molecule has 1 heterocycles. The summed E-state index contributed by atoms with van der Waals surface area (Å²) in [6, 6.07) is 19.4. The van der Waals surface area contributed by atoms with Crippen LogP contribution in [0, 0.1) is 12.7 Å². The maximum atomic E-state index is 14.0. The summed E-state index contributed by atoms with van der Waals surface area (Å²) in [6.45, 7) is 4.33. The number of nitrogens with zero attached hydrogens (tertiary/aromatic N) is 2. The van der Waals surface area contributed by atoms with Crippen molar-refractivity contribution in [2.75, 3.05) is 39.8 Å². The van der Waals surface area contributed by atoms with Gasteiger partial charge in [-0.25, -0.2) is 12.8 Å². The highest BCUT2D eigenvalue weighted by molar-refractivity contribution is 7.89. The van der Waals surface area contributed by atoms with Crippen LogP contribution in [0.1, 0.15) is 22.8 Å². The smallest absolute Gasteiger partial charge is 0.243 e. The molecule has 0 amide bonds. The molecule has 192 valence electrons. The molecular weight excluding hydrogens is 503 g/mol. The van der Waals surface area contributed by atoms with Gasteiger partial charge >= 0.3 is 0 Å². The second-order valence-electron chi connectivity index (χ2n) is 8.82. The predicted octanol–water partition coefficient (Wildman–Crippen LogP) is 5.06. The summed E-state index contributed by atoms with van der Waals surface area (Å²) in [5.74, 6) is 0.249. The standard InChI is InChI=1S/C27H30ClFN2O4S/c1-20-6-11-25(17-26(20)29)36(32,33)31-14-12-30(13-15-31)18-27(22-7-9-23(28)10-8-22)35-19-21-4-3-5-24(16-21)34-2/h3-11,16-17,27H,12-15,18-19H2,1-2H3/t27-/m0/s1. The van der Waals surface area contributed by atoms with Crippen LogP contribution in [0.15, 0.2) is 71.6 Å². The van der Waals surface area contributed by atoms with E-state index in [4.69, 9.17) is 21.1 Å². The van der Waals surface area contributed by atoms with Crippen molar-refractivity contribution in [3.05, 3.63) is 94.3 Å². The van der Waals surface area contributed by atoms with Crippen molar-refractivity contribution in [2.45, 2.75) is 24.5 Å². The average molecular weight is 533 g/mol. The van der Waals surface area contributed by atoms with E-state index >= 15 is 0 Å². The van der Waals surface area contributed by atoms with Gasteiger partial charge in [-0.3, -0.25) is 4.90 Å². The Labute approximate surface area is 217 Å². The third-order valence-corrected chi connectivity index (χ3v) is 8.51. The van der Waals surface area contributed by atoms with Gasteiger partial charge in [0.05, 0.1) is 24.7 Å². The minimum Gasteiger partial charge on any atom is -0.497 e. The molecule has 1 aliphatic heterocycles. The van der Waals surface area contributed by atoms with E-state index in [1.165, 1.54) is 16.4 Å². The first-order valence-corrected chi connectivity index (χ1v) is 13.6. The lowest BCUT2D eigenvalue weighted by Crippen LogP contribution is -2.49. The predicted molar refractivity (Wildman–Crippen MR) is 138 cm³/mol. The van der Waals surface area contributed by atoms with E-state index in [0.29, 0.717) is 49.9 Å². The van der Waals surface area contributed by atoms with Crippen molar-refractivity contribution >= 4 is 21.6 Å². The van der Waals surface area contributed by atoms with Crippen molar-refractivity contribution < 1.29 is 22.3 Å². The van der Waals surface area contributed by atoms with Crippen LogP contribution in [0.25, 0.3) is 0 Å². The van der Waals surface area contributed by atoms with Crippen LogP contribution >= 0.6 is 11.6 Å². The first-order valence-electron chi connectivity index (χ1n) is 11.7. The van der Waals surface area contributed by atoms with Crippen LogP contribution < -0.4 is 4.74 Å². The number of aryl methyl sites for hydroxylation is 1. The van der Waals surface area contributed by atoms with E-state index in [9.17, 15) is 12.8 Å². The summed E-state index contributed by atoms with van der Waals surface area (Å²) in [5, 5.41) is 0.650. The second kappa shape index (κ2) is 11.7. The van der Waals surface area contributed by atoms with Crippen LogP contribution in [0.3, 0.4) is 0 Å². The molecule has 3 aromatic carbocycles. The summed E-state index contributed by atoms with van der Waals surface area (Å²) in [5.41, 5.74) is 2.41. The van der Waals surface area contributed by atoms with Gasteiger partial charge in [0.25, 0.3) is 0 Å². The fourth-order valence-electron chi connectivity index (χ4n) is 4.16. The van der Waals surface area contributed by atoms with E-state index in [2.05, 4.69) is 4.90 Å². The highest BCUT2D eigenvalue weighted by Crippen LogP contribution is 2.25. The van der Waals surface area contributed by atoms with Gasteiger partial charge in [0.2, 0.25) is 10.0 Å². The zero-order valence-electron chi connectivity index (χ0n) is 20.4. The summed E-state index contributed by atoms with van der Waals surface area (Å²) in [6.07, 6.45) is -0.234. The first kappa shape index (κ1) is 26.6. The normalized spacial score (nSPS) is 16.1. The molecule has 0 aromatic heterocycles. The molecule has 1 fully saturated rings. The highest BCUT2D eigenvalue weighted by Gasteiger charge is 2.30. The molecule has 1 atom stereocenters. The minimum absolute atomic E-state index is 0.0142. The molecule has 0 saturated carbocycles. The Hall–Kier alpha value is -2.49. The molecule has 0 bridgehead atoms. The molecule has 0 spiro atoms. The number of rotatable bonds is 9. The molecule has 4 rings (SSSR count). The molecule has 9 heteroatoms. The lowest BCUT2D eigenvalue weighted by atomic mass is 10.1. The van der Waals surface area contributed by atoms with Gasteiger partial charge in [-0.05, 0) is 60.0 Å². The van der Waals surface area contributed by atoms with Crippen molar-refractivity contribution in [3.8, 4) is 5.75 Å². The summed E-state index contributed by atoms with van der Waals surface area (Å²) in [7, 11) is -2.12. The lowest BCUT2D eigenvalue weighted by Gasteiger charge is -2.36. The first-order chi connectivity index (χ1) is 17.3. The van der Waals surface area contributed by atoms with Gasteiger partial charge in [-0.1, -0.05) is 41.9 Å². The second-order valence-corrected chi connectivity index (χ2v) is 11.2. The number of methoxy groups -OCH3 is 1. The molecule has 0 unspecified atom stereocenters. The number of piperazine rings is 1. The van der Waals surface area contributed by atoms with Crippen LogP contribution in [0.2, 0.25) is 5.02 Å². The quantitative estimate of drug-likeness (QED) is 0.385. The summed E-state index contributed by atoms with van der Waals surface area (Å²) < 4.78 is 53.1. The zero-order valence-corrected chi connectivity index (χ0v) is 21.9.